The molecule has 4 aliphatic heterocycles. The Balaban J connectivity index is 0.000000178. The summed E-state index contributed by atoms with van der Waals surface area (Å²) in [6.45, 7) is 6.49. The van der Waals surface area contributed by atoms with Crippen molar-refractivity contribution in [1.29, 1.82) is 0 Å². The van der Waals surface area contributed by atoms with Crippen molar-refractivity contribution in [1.82, 2.24) is 24.8 Å². The van der Waals surface area contributed by atoms with E-state index in [1.54, 1.807) is 11.8 Å². The number of carboxylic acid groups (broad SMARTS) is 3. The van der Waals surface area contributed by atoms with Gasteiger partial charge in [0.25, 0.3) is 5.91 Å². The lowest BCUT2D eigenvalue weighted by atomic mass is 9.70. The Hall–Kier alpha value is -3.54. The summed E-state index contributed by atoms with van der Waals surface area (Å²) in [6.07, 6.45) is 7.41. The maximum Gasteiger partial charge on any atom is 0.355 e. The highest BCUT2D eigenvalue weighted by atomic mass is 32.2. The van der Waals surface area contributed by atoms with E-state index in [9.17, 15) is 42.6 Å². The van der Waals surface area contributed by atoms with Gasteiger partial charge in [-0.05, 0) is 33.6 Å². The van der Waals surface area contributed by atoms with E-state index in [0.29, 0.717) is 0 Å². The molecule has 45 heavy (non-hydrogen) atoms. The van der Waals surface area contributed by atoms with Crippen molar-refractivity contribution in [2.75, 3.05) is 13.1 Å². The molecule has 3 N–H and O–H groups in total. The normalized spacial score (nSPS) is 34.6. The Labute approximate surface area is 263 Å². The molecule has 1 aliphatic carbocycles. The number of hydrogen-bond acceptors (Lipinski definition) is 11. The van der Waals surface area contributed by atoms with Crippen LogP contribution in [0.25, 0.3) is 0 Å². The van der Waals surface area contributed by atoms with E-state index >= 15 is 0 Å². The summed E-state index contributed by atoms with van der Waals surface area (Å²) in [5.41, 5.74) is -0.351. The van der Waals surface area contributed by atoms with E-state index in [0.717, 1.165) is 24.0 Å². The number of amides is 1. The first-order valence-corrected chi connectivity index (χ1v) is 17.1. The zero-order valence-electron chi connectivity index (χ0n) is 25.0. The largest absolute Gasteiger partial charge is 0.481 e. The smallest absolute Gasteiger partial charge is 0.355 e. The molecule has 1 aromatic heterocycles. The van der Waals surface area contributed by atoms with Crippen LogP contribution in [0, 0.1) is 11.8 Å². The number of hydrogen-bond donors (Lipinski definition) is 3. The van der Waals surface area contributed by atoms with Gasteiger partial charge in [-0.15, -0.1) is 16.9 Å². The van der Waals surface area contributed by atoms with Crippen molar-refractivity contribution in [2.45, 2.75) is 91.6 Å². The summed E-state index contributed by atoms with van der Waals surface area (Å²) < 4.78 is 24.0. The molecule has 18 heteroatoms. The van der Waals surface area contributed by atoms with Crippen molar-refractivity contribution in [3.8, 4) is 0 Å². The molecule has 246 valence electrons. The van der Waals surface area contributed by atoms with Crippen molar-refractivity contribution in [3.63, 3.8) is 0 Å². The third-order valence-electron chi connectivity index (χ3n) is 9.48. The highest BCUT2D eigenvalue weighted by molar-refractivity contribution is 8.01. The number of Topliss-reactive ketones (excluding diaryl/α,β-unsaturated/α-hetero) is 1. The van der Waals surface area contributed by atoms with Gasteiger partial charge in [0.05, 0.1) is 30.2 Å². The highest BCUT2D eigenvalue weighted by Gasteiger charge is 2.71. The highest BCUT2D eigenvalue weighted by Crippen LogP contribution is 2.54. The number of rotatable bonds is 7. The van der Waals surface area contributed by atoms with Crippen LogP contribution in [0.2, 0.25) is 0 Å². The van der Waals surface area contributed by atoms with Gasteiger partial charge in [-0.2, -0.15) is 0 Å². The standard InChI is InChI=1S/C15H23N3O3S.C12H13N3O7S/c1-15(2)11(14(20)21)18-12(19)10(13(18)22-15)16-9-17-7-5-3-4-6-8-17;1-12(4-15-5(10(17)18)3-13-14-15)9(11(19)20)8-6(16)2-7(8)23(12,21)22/h9-11,13H,3-8H2,1-2H3,(H,20,21);3,7-9H,2,4H2,1H3,(H,17,18)(H,19,20)/t10-,11+,13-;7?,8?,9-,12-/m10/s1. The summed E-state index contributed by atoms with van der Waals surface area (Å²) in [5.74, 6) is -6.76. The van der Waals surface area contributed by atoms with Crippen molar-refractivity contribution >= 4 is 57.5 Å². The minimum atomic E-state index is -3.96. The number of ketones is 1. The van der Waals surface area contributed by atoms with E-state index in [1.165, 1.54) is 37.5 Å². The number of aromatic carboxylic acids is 1. The average molecular weight is 669 g/mol. The Bertz CT molecular complexity index is 1550. The Kier molecular flexibility index (Phi) is 8.52. The fourth-order valence-electron chi connectivity index (χ4n) is 7.06. The fraction of sp³-hybridized carbons (Fsp3) is 0.704. The van der Waals surface area contributed by atoms with Gasteiger partial charge >= 0.3 is 17.9 Å². The molecule has 5 fully saturated rings. The number of aromatic nitrogens is 3. The number of fused-ring (bicyclic) bond motifs is 2. The van der Waals surface area contributed by atoms with E-state index in [-0.39, 0.29) is 23.4 Å². The monoisotopic (exact) mass is 668 g/mol. The summed E-state index contributed by atoms with van der Waals surface area (Å²) in [4.78, 5) is 66.3. The SMILES string of the molecule is CC1(C)S[C@@H]2[C@H](N=CN3CCCCCC3)C(=O)N2[C@H]1C(=O)O.C[C@]1(Cn2nncc2C(=O)O)[C@H](C(=O)O)C2C(=O)CC2S1(=O)=O. The molecular formula is C27H36N6O10S2. The molecule has 7 atom stereocenters. The predicted octanol–water partition coefficient (Wildman–Crippen LogP) is 0.228. The number of β-lactam (4-membered cyclic amide) rings is 1. The molecule has 1 saturated carbocycles. The lowest BCUT2D eigenvalue weighted by Gasteiger charge is -2.41. The zero-order valence-corrected chi connectivity index (χ0v) is 26.6. The summed E-state index contributed by atoms with van der Waals surface area (Å²) in [5, 5.41) is 33.7. The van der Waals surface area contributed by atoms with Crippen LogP contribution in [0.5, 0.6) is 0 Å². The van der Waals surface area contributed by atoms with E-state index in [4.69, 9.17) is 5.11 Å². The molecular weight excluding hydrogens is 632 g/mol. The molecule has 0 bridgehead atoms. The Morgan fingerprint density at radius 3 is 2.27 bits per heavy atom. The number of carbonyl (C=O) groups excluding carboxylic acids is 2. The first-order valence-electron chi connectivity index (χ1n) is 14.6. The van der Waals surface area contributed by atoms with Crippen LogP contribution in [0.3, 0.4) is 0 Å². The second-order valence-corrected chi connectivity index (χ2v) is 17.1. The zero-order chi connectivity index (χ0) is 33.1. The molecule has 16 nitrogen and oxygen atoms in total. The van der Waals surface area contributed by atoms with Crippen molar-refractivity contribution in [3.05, 3.63) is 11.9 Å². The Morgan fingerprint density at radius 2 is 1.71 bits per heavy atom. The van der Waals surface area contributed by atoms with Gasteiger partial charge in [0.1, 0.15) is 21.9 Å². The van der Waals surface area contributed by atoms with Crippen LogP contribution in [0.4, 0.5) is 0 Å². The summed E-state index contributed by atoms with van der Waals surface area (Å²) in [7, 11) is -3.96. The maximum absolute atomic E-state index is 12.7. The minimum absolute atomic E-state index is 0.133. The minimum Gasteiger partial charge on any atom is -0.481 e. The van der Waals surface area contributed by atoms with Crippen LogP contribution in [0.15, 0.2) is 11.2 Å². The Morgan fingerprint density at radius 1 is 1.07 bits per heavy atom. The van der Waals surface area contributed by atoms with Gasteiger partial charge in [0.15, 0.2) is 21.6 Å². The van der Waals surface area contributed by atoms with Gasteiger partial charge < -0.3 is 25.1 Å². The third-order valence-corrected chi connectivity index (χ3v) is 14.0. The number of likely N-dealkylation sites (tertiary alicyclic amines) is 1. The lowest BCUT2D eigenvalue weighted by Crippen LogP contribution is -2.65. The molecule has 2 unspecified atom stereocenters. The fourth-order valence-corrected chi connectivity index (χ4v) is 11.4. The quantitative estimate of drug-likeness (QED) is 0.201. The lowest BCUT2D eigenvalue weighted by molar-refractivity contribution is -0.158. The number of nitrogens with zero attached hydrogens (tertiary/aromatic N) is 6. The summed E-state index contributed by atoms with van der Waals surface area (Å²) in [6, 6.07) is -1.17. The molecule has 5 heterocycles. The number of carbonyl (C=O) groups is 5. The molecule has 1 amide bonds. The number of aliphatic carboxylic acids is 2. The third kappa shape index (κ3) is 5.38. The first kappa shape index (κ1) is 32.8. The average Bonchev–Trinajstić information content (AvgIpc) is 3.43. The molecule has 0 radical (unpaired) electrons. The number of sulfone groups is 1. The molecule has 1 aromatic rings. The number of thioether (sulfide) groups is 1. The topological polar surface area (TPSA) is 230 Å². The van der Waals surface area contributed by atoms with Gasteiger partial charge in [-0.1, -0.05) is 18.1 Å². The molecule has 6 rings (SSSR count). The first-order chi connectivity index (χ1) is 21.0. The van der Waals surface area contributed by atoms with E-state index in [2.05, 4.69) is 20.2 Å². The van der Waals surface area contributed by atoms with E-state index < -0.39 is 78.7 Å². The van der Waals surface area contributed by atoms with Gasteiger partial charge in [-0.3, -0.25) is 19.4 Å². The second kappa shape index (κ2) is 11.7. The summed E-state index contributed by atoms with van der Waals surface area (Å²) >= 11 is 1.55. The predicted molar refractivity (Wildman–Crippen MR) is 158 cm³/mol. The van der Waals surface area contributed by atoms with E-state index in [1.807, 2.05) is 20.2 Å². The van der Waals surface area contributed by atoms with Crippen molar-refractivity contribution < 1.29 is 47.7 Å². The van der Waals surface area contributed by atoms with Gasteiger partial charge in [0, 0.05) is 30.2 Å². The van der Waals surface area contributed by atoms with Crippen LogP contribution < -0.4 is 0 Å². The van der Waals surface area contributed by atoms with Crippen molar-refractivity contribution in [2.24, 2.45) is 16.8 Å². The number of carboxylic acids is 3. The molecule has 0 aromatic carbocycles. The van der Waals surface area contributed by atoms with Crippen LogP contribution in [0.1, 0.15) is 63.4 Å². The van der Waals surface area contributed by atoms with Crippen LogP contribution in [-0.4, -0.2) is 130 Å². The van der Waals surface area contributed by atoms with Gasteiger partial charge in [0.2, 0.25) is 0 Å². The number of aliphatic imine (C=N–C) groups is 1. The molecule has 5 aliphatic rings. The second-order valence-electron chi connectivity index (χ2n) is 12.7. The van der Waals surface area contributed by atoms with Gasteiger partial charge in [-0.25, -0.2) is 22.7 Å². The maximum atomic E-state index is 12.7. The molecule has 4 saturated heterocycles. The molecule has 0 spiro atoms. The van der Waals surface area contributed by atoms with Crippen LogP contribution in [-0.2, 0) is 35.6 Å². The van der Waals surface area contributed by atoms with Crippen LogP contribution >= 0.6 is 11.8 Å².